The van der Waals surface area contributed by atoms with Crippen molar-refractivity contribution in [3.8, 4) is 0 Å². The van der Waals surface area contributed by atoms with E-state index < -0.39 is 0 Å². The van der Waals surface area contributed by atoms with E-state index in [1.807, 2.05) is 0 Å². The Morgan fingerprint density at radius 2 is 1.74 bits per heavy atom. The predicted octanol–water partition coefficient (Wildman–Crippen LogP) is 4.37. The summed E-state index contributed by atoms with van der Waals surface area (Å²) in [5.41, 5.74) is 0.388. The maximum absolute atomic E-state index is 12.3. The highest BCUT2D eigenvalue weighted by atomic mass is 79.9. The van der Waals surface area contributed by atoms with Gasteiger partial charge in [0.25, 0.3) is 0 Å². The Kier molecular flexibility index (Phi) is 6.35. The molecule has 1 fully saturated rings. The summed E-state index contributed by atoms with van der Waals surface area (Å²) < 4.78 is 0. The van der Waals surface area contributed by atoms with Crippen LogP contribution in [0.2, 0.25) is 0 Å². The summed E-state index contributed by atoms with van der Waals surface area (Å²) >= 11 is 3.48. The summed E-state index contributed by atoms with van der Waals surface area (Å²) in [5, 5.41) is 4.12. The molecule has 2 atom stereocenters. The molecule has 0 saturated heterocycles. The molecule has 0 aromatic heterocycles. The number of nitrogens with one attached hydrogen (secondary N) is 1. The summed E-state index contributed by atoms with van der Waals surface area (Å²) in [5.74, 6) is 1.77. The highest BCUT2D eigenvalue weighted by molar-refractivity contribution is 9.09. The van der Waals surface area contributed by atoms with Gasteiger partial charge in [0, 0.05) is 17.3 Å². The average molecular weight is 332 g/mol. The zero-order valence-electron chi connectivity index (χ0n) is 13.1. The van der Waals surface area contributed by atoms with Gasteiger partial charge in [-0.2, -0.15) is 0 Å². The Labute approximate surface area is 127 Å². The largest absolute Gasteiger partial charge is 0.353 e. The Balaban J connectivity index is 2.41. The van der Waals surface area contributed by atoms with Gasteiger partial charge in [-0.05, 0) is 49.9 Å². The van der Waals surface area contributed by atoms with Gasteiger partial charge in [-0.15, -0.1) is 0 Å². The molecule has 1 amide bonds. The van der Waals surface area contributed by atoms with Crippen molar-refractivity contribution >= 4 is 21.8 Å². The lowest BCUT2D eigenvalue weighted by Crippen LogP contribution is -2.42. The molecule has 0 heterocycles. The van der Waals surface area contributed by atoms with Gasteiger partial charge >= 0.3 is 0 Å². The molecule has 1 aliphatic carbocycles. The molecule has 0 radical (unpaired) electrons. The lowest BCUT2D eigenvalue weighted by atomic mass is 9.69. The first kappa shape index (κ1) is 17.0. The minimum Gasteiger partial charge on any atom is -0.353 e. The SMILES string of the molecule is CC(CBr)C(C)NC(=O)C1CCC(C(C)(C)C)CC1. The third kappa shape index (κ3) is 5.09. The number of rotatable bonds is 4. The van der Waals surface area contributed by atoms with E-state index in [4.69, 9.17) is 0 Å². The standard InChI is InChI=1S/C16H30BrNO/c1-11(10-17)12(2)18-15(19)13-6-8-14(9-7-13)16(3,4)5/h11-14H,6-10H2,1-5H3,(H,18,19). The van der Waals surface area contributed by atoms with Crippen molar-refractivity contribution in [2.75, 3.05) is 5.33 Å². The van der Waals surface area contributed by atoms with Crippen LogP contribution in [0, 0.1) is 23.2 Å². The lowest BCUT2D eigenvalue weighted by molar-refractivity contribution is -0.127. The van der Waals surface area contributed by atoms with Crippen molar-refractivity contribution in [2.45, 2.75) is 66.3 Å². The highest BCUT2D eigenvalue weighted by Crippen LogP contribution is 2.39. The Bertz CT molecular complexity index is 290. The summed E-state index contributed by atoms with van der Waals surface area (Å²) in [6.45, 7) is 11.2. The van der Waals surface area contributed by atoms with Crippen molar-refractivity contribution in [3.05, 3.63) is 0 Å². The topological polar surface area (TPSA) is 29.1 Å². The Morgan fingerprint density at radius 1 is 1.21 bits per heavy atom. The molecule has 112 valence electrons. The van der Waals surface area contributed by atoms with E-state index >= 15 is 0 Å². The van der Waals surface area contributed by atoms with E-state index in [0.29, 0.717) is 11.3 Å². The van der Waals surface area contributed by atoms with Gasteiger partial charge < -0.3 is 5.32 Å². The van der Waals surface area contributed by atoms with E-state index in [9.17, 15) is 4.79 Å². The molecular formula is C16H30BrNO. The summed E-state index contributed by atoms with van der Waals surface area (Å²) in [6.07, 6.45) is 4.51. The minimum absolute atomic E-state index is 0.239. The zero-order valence-corrected chi connectivity index (χ0v) is 14.7. The molecule has 0 aromatic rings. The van der Waals surface area contributed by atoms with Crippen LogP contribution in [0.1, 0.15) is 60.3 Å². The molecule has 1 N–H and O–H groups in total. The first-order valence-electron chi connectivity index (χ1n) is 7.62. The molecule has 0 aliphatic heterocycles. The molecule has 1 rings (SSSR count). The van der Waals surface area contributed by atoms with E-state index in [-0.39, 0.29) is 17.9 Å². The van der Waals surface area contributed by atoms with Crippen LogP contribution in [0.5, 0.6) is 0 Å². The second-order valence-electron chi connectivity index (χ2n) is 7.34. The fourth-order valence-electron chi connectivity index (χ4n) is 2.84. The number of hydrogen-bond acceptors (Lipinski definition) is 1. The Hall–Kier alpha value is -0.0500. The van der Waals surface area contributed by atoms with Crippen molar-refractivity contribution in [1.29, 1.82) is 0 Å². The van der Waals surface area contributed by atoms with Crippen LogP contribution in [0.3, 0.4) is 0 Å². The third-order valence-electron chi connectivity index (χ3n) is 4.79. The summed E-state index contributed by atoms with van der Waals surface area (Å²) in [7, 11) is 0. The Morgan fingerprint density at radius 3 is 2.16 bits per heavy atom. The quantitative estimate of drug-likeness (QED) is 0.761. The van der Waals surface area contributed by atoms with Gasteiger partial charge in [-0.25, -0.2) is 0 Å². The van der Waals surface area contributed by atoms with Gasteiger partial charge in [-0.3, -0.25) is 4.79 Å². The molecule has 1 aliphatic rings. The van der Waals surface area contributed by atoms with Crippen molar-refractivity contribution < 1.29 is 4.79 Å². The highest BCUT2D eigenvalue weighted by Gasteiger charge is 2.32. The maximum atomic E-state index is 12.3. The van der Waals surface area contributed by atoms with Crippen LogP contribution >= 0.6 is 15.9 Å². The number of amides is 1. The predicted molar refractivity (Wildman–Crippen MR) is 85.5 cm³/mol. The van der Waals surface area contributed by atoms with Crippen LogP contribution < -0.4 is 5.32 Å². The van der Waals surface area contributed by atoms with Gasteiger partial charge in [0.1, 0.15) is 0 Å². The third-order valence-corrected chi connectivity index (χ3v) is 5.81. The maximum Gasteiger partial charge on any atom is 0.223 e. The smallest absolute Gasteiger partial charge is 0.223 e. The number of halogens is 1. The van der Waals surface area contributed by atoms with Crippen LogP contribution in [0.25, 0.3) is 0 Å². The molecular weight excluding hydrogens is 302 g/mol. The molecule has 3 heteroatoms. The normalized spacial score (nSPS) is 27.7. The molecule has 19 heavy (non-hydrogen) atoms. The van der Waals surface area contributed by atoms with E-state index in [1.165, 1.54) is 12.8 Å². The van der Waals surface area contributed by atoms with E-state index in [1.54, 1.807) is 0 Å². The zero-order chi connectivity index (χ0) is 14.6. The van der Waals surface area contributed by atoms with Gasteiger partial charge in [0.15, 0.2) is 0 Å². The van der Waals surface area contributed by atoms with Gasteiger partial charge in [0.2, 0.25) is 5.91 Å². The van der Waals surface area contributed by atoms with Crippen LogP contribution in [-0.4, -0.2) is 17.3 Å². The first-order chi connectivity index (χ1) is 8.75. The second kappa shape index (κ2) is 7.10. The first-order valence-corrected chi connectivity index (χ1v) is 8.74. The van der Waals surface area contributed by atoms with Crippen LogP contribution in [-0.2, 0) is 4.79 Å². The number of carbonyl (C=O) groups is 1. The number of alkyl halides is 1. The average Bonchev–Trinajstić information content (AvgIpc) is 2.36. The second-order valence-corrected chi connectivity index (χ2v) is 7.99. The van der Waals surface area contributed by atoms with E-state index in [0.717, 1.165) is 24.1 Å². The molecule has 2 unspecified atom stereocenters. The summed E-state index contributed by atoms with van der Waals surface area (Å²) in [6, 6.07) is 0.257. The van der Waals surface area contributed by atoms with E-state index in [2.05, 4.69) is 55.9 Å². The molecule has 0 bridgehead atoms. The minimum atomic E-state index is 0.239. The van der Waals surface area contributed by atoms with Crippen LogP contribution in [0.15, 0.2) is 0 Å². The van der Waals surface area contributed by atoms with Gasteiger partial charge in [-0.1, -0.05) is 43.6 Å². The molecule has 0 spiro atoms. The number of hydrogen-bond donors (Lipinski definition) is 1. The van der Waals surface area contributed by atoms with Crippen LogP contribution in [0.4, 0.5) is 0 Å². The monoisotopic (exact) mass is 331 g/mol. The summed E-state index contributed by atoms with van der Waals surface area (Å²) in [4.78, 5) is 12.3. The fraction of sp³-hybridized carbons (Fsp3) is 0.938. The van der Waals surface area contributed by atoms with Crippen molar-refractivity contribution in [3.63, 3.8) is 0 Å². The molecule has 1 saturated carbocycles. The fourth-order valence-corrected chi connectivity index (χ4v) is 3.40. The molecule has 0 aromatic carbocycles. The van der Waals surface area contributed by atoms with Crippen molar-refractivity contribution in [2.24, 2.45) is 23.2 Å². The van der Waals surface area contributed by atoms with Gasteiger partial charge in [0.05, 0.1) is 0 Å². The number of carbonyl (C=O) groups excluding carboxylic acids is 1. The van der Waals surface area contributed by atoms with Crippen molar-refractivity contribution in [1.82, 2.24) is 5.32 Å². The molecule has 2 nitrogen and oxygen atoms in total. The lowest BCUT2D eigenvalue weighted by Gasteiger charge is -2.37.